The molecular formula is C21H24N4OS2. The molecule has 2 atom stereocenters. The SMILES string of the molecule is C[C@H]1CCc2c(sc3nc(CSC(N)=N[C@@H](C)c4ccccc4)[nH]c(=O)c23)C1. The molecule has 3 N–H and O–H groups in total. The predicted octanol–water partition coefficient (Wildman–Crippen LogP) is 4.42. The molecule has 0 aliphatic heterocycles. The van der Waals surface area contributed by atoms with Crippen molar-refractivity contribution in [2.45, 2.75) is 44.9 Å². The molecule has 4 rings (SSSR count). The number of hydrogen-bond donors (Lipinski definition) is 2. The summed E-state index contributed by atoms with van der Waals surface area (Å²) in [6.07, 6.45) is 3.17. The maximum atomic E-state index is 12.7. The number of aryl methyl sites for hydroxylation is 1. The van der Waals surface area contributed by atoms with E-state index < -0.39 is 0 Å². The lowest BCUT2D eigenvalue weighted by molar-refractivity contribution is 0.509. The molecule has 2 aromatic heterocycles. The van der Waals surface area contributed by atoms with Gasteiger partial charge in [0, 0.05) is 4.88 Å². The number of nitrogens with one attached hydrogen (secondary N) is 1. The van der Waals surface area contributed by atoms with Gasteiger partial charge in [0.1, 0.15) is 10.7 Å². The molecule has 146 valence electrons. The van der Waals surface area contributed by atoms with Gasteiger partial charge < -0.3 is 10.7 Å². The second-order valence-electron chi connectivity index (χ2n) is 7.39. The molecule has 2 heterocycles. The van der Waals surface area contributed by atoms with Crippen LogP contribution in [-0.4, -0.2) is 15.1 Å². The quantitative estimate of drug-likeness (QED) is 0.491. The van der Waals surface area contributed by atoms with Gasteiger partial charge in [0.15, 0.2) is 5.17 Å². The molecule has 28 heavy (non-hydrogen) atoms. The molecule has 0 bridgehead atoms. The fourth-order valence-corrected chi connectivity index (χ4v) is 5.69. The fraction of sp³-hybridized carbons (Fsp3) is 0.381. The van der Waals surface area contributed by atoms with E-state index in [0.717, 1.165) is 35.0 Å². The monoisotopic (exact) mass is 412 g/mol. The minimum atomic E-state index is -0.0270. The minimum Gasteiger partial charge on any atom is -0.379 e. The Balaban J connectivity index is 1.51. The van der Waals surface area contributed by atoms with Crippen molar-refractivity contribution < 1.29 is 0 Å². The summed E-state index contributed by atoms with van der Waals surface area (Å²) in [5.74, 6) is 1.83. The summed E-state index contributed by atoms with van der Waals surface area (Å²) in [4.78, 5) is 27.0. The van der Waals surface area contributed by atoms with Gasteiger partial charge in [-0.3, -0.25) is 9.79 Å². The average Bonchev–Trinajstić information content (AvgIpc) is 3.04. The highest BCUT2D eigenvalue weighted by Crippen LogP contribution is 2.35. The van der Waals surface area contributed by atoms with E-state index in [1.54, 1.807) is 11.3 Å². The van der Waals surface area contributed by atoms with Gasteiger partial charge in [-0.15, -0.1) is 11.3 Å². The number of amidine groups is 1. The number of H-pyrrole nitrogens is 1. The van der Waals surface area contributed by atoms with E-state index in [1.165, 1.54) is 22.2 Å². The Kier molecular flexibility index (Phi) is 5.55. The second-order valence-corrected chi connectivity index (χ2v) is 9.47. The van der Waals surface area contributed by atoms with E-state index in [9.17, 15) is 4.79 Å². The third-order valence-corrected chi connectivity index (χ3v) is 7.14. The van der Waals surface area contributed by atoms with Crippen LogP contribution < -0.4 is 11.3 Å². The molecule has 1 aliphatic rings. The van der Waals surface area contributed by atoms with Crippen LogP contribution in [0.5, 0.6) is 0 Å². The van der Waals surface area contributed by atoms with Crippen molar-refractivity contribution >= 4 is 38.5 Å². The second kappa shape index (κ2) is 8.09. The zero-order valence-electron chi connectivity index (χ0n) is 16.1. The van der Waals surface area contributed by atoms with Crippen LogP contribution in [0.2, 0.25) is 0 Å². The van der Waals surface area contributed by atoms with Gasteiger partial charge in [0.25, 0.3) is 5.56 Å². The first kappa shape index (κ1) is 19.2. The largest absolute Gasteiger partial charge is 0.379 e. The number of aromatic amines is 1. The lowest BCUT2D eigenvalue weighted by Crippen LogP contribution is -2.15. The van der Waals surface area contributed by atoms with Crippen LogP contribution in [0.4, 0.5) is 0 Å². The zero-order chi connectivity index (χ0) is 19.7. The van der Waals surface area contributed by atoms with Gasteiger partial charge in [-0.05, 0) is 43.2 Å². The summed E-state index contributed by atoms with van der Waals surface area (Å²) in [5, 5.41) is 1.29. The number of thiophene rings is 1. The highest BCUT2D eigenvalue weighted by Gasteiger charge is 2.23. The summed E-state index contributed by atoms with van der Waals surface area (Å²) >= 11 is 3.08. The first-order valence-corrected chi connectivity index (χ1v) is 11.4. The smallest absolute Gasteiger partial charge is 0.259 e. The third-order valence-electron chi connectivity index (χ3n) is 5.17. The molecular weight excluding hydrogens is 388 g/mol. The van der Waals surface area contributed by atoms with Crippen molar-refractivity contribution in [2.75, 3.05) is 0 Å². The van der Waals surface area contributed by atoms with Crippen molar-refractivity contribution in [3.63, 3.8) is 0 Å². The number of thioether (sulfide) groups is 1. The van der Waals surface area contributed by atoms with Gasteiger partial charge in [0.05, 0.1) is 17.2 Å². The van der Waals surface area contributed by atoms with Gasteiger partial charge in [-0.2, -0.15) is 0 Å². The van der Waals surface area contributed by atoms with Crippen molar-refractivity contribution in [1.29, 1.82) is 0 Å². The summed E-state index contributed by atoms with van der Waals surface area (Å²) in [6.45, 7) is 4.29. The molecule has 0 unspecified atom stereocenters. The lowest BCUT2D eigenvalue weighted by Gasteiger charge is -2.17. The number of rotatable bonds is 4. The zero-order valence-corrected chi connectivity index (χ0v) is 17.7. The Morgan fingerprint density at radius 2 is 2.21 bits per heavy atom. The van der Waals surface area contributed by atoms with Crippen LogP contribution in [0.1, 0.15) is 48.1 Å². The van der Waals surface area contributed by atoms with Crippen LogP contribution in [-0.2, 0) is 18.6 Å². The van der Waals surface area contributed by atoms with Crippen molar-refractivity contribution in [2.24, 2.45) is 16.6 Å². The third kappa shape index (κ3) is 4.00. The predicted molar refractivity (Wildman–Crippen MR) is 119 cm³/mol. The first-order chi connectivity index (χ1) is 13.5. The average molecular weight is 413 g/mol. The van der Waals surface area contributed by atoms with E-state index in [-0.39, 0.29) is 11.6 Å². The van der Waals surface area contributed by atoms with Crippen molar-refractivity contribution in [3.8, 4) is 0 Å². The summed E-state index contributed by atoms with van der Waals surface area (Å²) in [5.41, 5.74) is 8.41. The molecule has 5 nitrogen and oxygen atoms in total. The van der Waals surface area contributed by atoms with E-state index in [1.807, 2.05) is 37.3 Å². The number of nitrogens with two attached hydrogens (primary N) is 1. The van der Waals surface area contributed by atoms with Gasteiger partial charge >= 0.3 is 0 Å². The first-order valence-electron chi connectivity index (χ1n) is 9.55. The van der Waals surface area contributed by atoms with Crippen LogP contribution in [0.25, 0.3) is 10.2 Å². The number of aliphatic imine (C=N–C) groups is 1. The summed E-state index contributed by atoms with van der Waals surface area (Å²) in [7, 11) is 0. The number of fused-ring (bicyclic) bond motifs is 3. The van der Waals surface area contributed by atoms with E-state index in [2.05, 4.69) is 16.9 Å². The van der Waals surface area contributed by atoms with Crippen LogP contribution in [0, 0.1) is 5.92 Å². The topological polar surface area (TPSA) is 84.1 Å². The molecule has 0 amide bonds. The standard InChI is InChI=1S/C21H24N4OS2/c1-12-8-9-15-16(10-12)28-20-18(15)19(26)24-17(25-20)11-27-21(22)23-13(2)14-6-4-3-5-7-14/h3-7,12-13H,8-11H2,1-2H3,(H2,22,23)(H,24,25,26)/t12-,13-/m0/s1. The molecule has 7 heteroatoms. The number of benzene rings is 1. The van der Waals surface area contributed by atoms with Crippen LogP contribution in [0.3, 0.4) is 0 Å². The van der Waals surface area contributed by atoms with Crippen molar-refractivity contribution in [1.82, 2.24) is 9.97 Å². The van der Waals surface area contributed by atoms with Gasteiger partial charge in [0.2, 0.25) is 0 Å². The maximum Gasteiger partial charge on any atom is 0.259 e. The minimum absolute atomic E-state index is 0.00537. The number of nitrogens with zero attached hydrogens (tertiary/aromatic N) is 2. The highest BCUT2D eigenvalue weighted by atomic mass is 32.2. The Morgan fingerprint density at radius 3 is 3.00 bits per heavy atom. The highest BCUT2D eigenvalue weighted by molar-refractivity contribution is 8.13. The molecule has 0 spiro atoms. The Hall–Kier alpha value is -2.12. The molecule has 0 radical (unpaired) electrons. The summed E-state index contributed by atoms with van der Waals surface area (Å²) < 4.78 is 0. The van der Waals surface area contributed by atoms with Gasteiger partial charge in [-0.1, -0.05) is 49.0 Å². The van der Waals surface area contributed by atoms with E-state index in [0.29, 0.717) is 22.7 Å². The number of aromatic nitrogens is 2. The summed E-state index contributed by atoms with van der Waals surface area (Å²) in [6, 6.07) is 10.1. The molecule has 3 aromatic rings. The molecule has 1 aliphatic carbocycles. The molecule has 0 saturated heterocycles. The Labute approximate surface area is 172 Å². The van der Waals surface area contributed by atoms with E-state index in [4.69, 9.17) is 10.7 Å². The molecule has 1 aromatic carbocycles. The normalized spacial score (nSPS) is 18.2. The molecule has 0 saturated carbocycles. The van der Waals surface area contributed by atoms with Crippen LogP contribution in [0.15, 0.2) is 40.1 Å². The lowest BCUT2D eigenvalue weighted by atomic mass is 9.89. The van der Waals surface area contributed by atoms with Gasteiger partial charge in [-0.25, -0.2) is 4.98 Å². The molecule has 0 fully saturated rings. The van der Waals surface area contributed by atoms with Crippen molar-refractivity contribution in [3.05, 3.63) is 62.5 Å². The number of hydrogen-bond acceptors (Lipinski definition) is 5. The van der Waals surface area contributed by atoms with E-state index >= 15 is 0 Å². The maximum absolute atomic E-state index is 12.7. The van der Waals surface area contributed by atoms with Crippen LogP contribution >= 0.6 is 23.1 Å². The Morgan fingerprint density at radius 1 is 1.43 bits per heavy atom. The fourth-order valence-electron chi connectivity index (χ4n) is 3.64. The Bertz CT molecular complexity index is 1070.